The first kappa shape index (κ1) is 35.5. The van der Waals surface area contributed by atoms with E-state index in [0.717, 1.165) is 38.2 Å². The summed E-state index contributed by atoms with van der Waals surface area (Å²) in [6.07, 6.45) is -1.59. The van der Waals surface area contributed by atoms with Gasteiger partial charge in [-0.1, -0.05) is 13.0 Å². The van der Waals surface area contributed by atoms with Crippen LogP contribution in [0.25, 0.3) is 10.8 Å². The molecule has 5 rings (SSSR count). The Morgan fingerprint density at radius 3 is 2.55 bits per heavy atom. The maximum atomic E-state index is 12.3. The lowest BCUT2D eigenvalue weighted by molar-refractivity contribution is -0.315. The molecule has 0 radical (unpaired) electrons. The van der Waals surface area contributed by atoms with Crippen LogP contribution in [0.1, 0.15) is 85.1 Å². The molecule has 0 amide bonds. The number of fused-ring (bicyclic) bond motifs is 1. The van der Waals surface area contributed by atoms with E-state index in [-0.39, 0.29) is 52.0 Å². The van der Waals surface area contributed by atoms with Crippen molar-refractivity contribution in [1.82, 2.24) is 0 Å². The molecule has 2 aromatic carbocycles. The van der Waals surface area contributed by atoms with E-state index >= 15 is 0 Å². The number of phenols is 1. The molecule has 2 aromatic rings. The summed E-state index contributed by atoms with van der Waals surface area (Å²) in [5.74, 6) is -1.54. The van der Waals surface area contributed by atoms with Gasteiger partial charge in [-0.15, -0.1) is 0 Å². The second-order valence-corrected chi connectivity index (χ2v) is 14.0. The number of benzene rings is 2. The van der Waals surface area contributed by atoms with Crippen LogP contribution in [0.2, 0.25) is 0 Å². The molecule has 12 nitrogen and oxygen atoms in total. The minimum Gasteiger partial charge on any atom is -0.506 e. The van der Waals surface area contributed by atoms with Gasteiger partial charge in [0, 0.05) is 13.2 Å². The van der Waals surface area contributed by atoms with Crippen molar-refractivity contribution in [3.63, 3.8) is 0 Å². The van der Waals surface area contributed by atoms with Gasteiger partial charge in [0.15, 0.2) is 5.78 Å². The van der Waals surface area contributed by atoms with E-state index in [2.05, 4.69) is 6.92 Å². The van der Waals surface area contributed by atoms with Gasteiger partial charge in [0.1, 0.15) is 35.4 Å². The molecule has 2 saturated heterocycles. The van der Waals surface area contributed by atoms with Crippen molar-refractivity contribution in [3.8, 4) is 11.5 Å². The highest BCUT2D eigenvalue weighted by Crippen LogP contribution is 2.54. The zero-order valence-corrected chi connectivity index (χ0v) is 27.2. The van der Waals surface area contributed by atoms with Crippen LogP contribution in [-0.4, -0.2) is 104 Å². The lowest BCUT2D eigenvalue weighted by atomic mass is 9.64. The number of hydrogen-bond acceptors (Lipinski definition) is 11. The molecule has 9 unspecified atom stereocenters. The minimum atomic E-state index is -2.04. The third-order valence-corrected chi connectivity index (χ3v) is 11.1. The predicted octanol–water partition coefficient (Wildman–Crippen LogP) is 2.93. The van der Waals surface area contributed by atoms with Gasteiger partial charge in [-0.3, -0.25) is 4.79 Å². The van der Waals surface area contributed by atoms with Crippen molar-refractivity contribution < 1.29 is 59.5 Å². The van der Waals surface area contributed by atoms with Gasteiger partial charge >= 0.3 is 5.97 Å². The highest BCUT2D eigenvalue weighted by Gasteiger charge is 2.56. The van der Waals surface area contributed by atoms with Crippen LogP contribution in [0, 0.1) is 30.1 Å². The Kier molecular flexibility index (Phi) is 10.5. The fourth-order valence-electron chi connectivity index (χ4n) is 8.62. The van der Waals surface area contributed by atoms with Crippen molar-refractivity contribution in [2.45, 2.75) is 95.9 Å². The number of aromatic carboxylic acids is 1. The fourth-order valence-corrected chi connectivity index (χ4v) is 8.62. The summed E-state index contributed by atoms with van der Waals surface area (Å²) in [6.45, 7) is 5.72. The molecule has 0 aromatic heterocycles. The minimum absolute atomic E-state index is 0.00447. The number of aliphatic hydroxyl groups is 5. The average Bonchev–Trinajstić information content (AvgIpc) is 3.42. The van der Waals surface area contributed by atoms with E-state index < -0.39 is 54.3 Å². The van der Waals surface area contributed by atoms with E-state index in [0.29, 0.717) is 37.0 Å². The molecule has 47 heavy (non-hydrogen) atoms. The van der Waals surface area contributed by atoms with E-state index in [1.165, 1.54) is 19.1 Å². The van der Waals surface area contributed by atoms with E-state index in [1.54, 1.807) is 6.92 Å². The molecule has 1 aliphatic carbocycles. The molecule has 3 fully saturated rings. The molecule has 260 valence electrons. The molecule has 0 bridgehead atoms. The Bertz CT molecular complexity index is 1470. The zero-order valence-electron chi connectivity index (χ0n) is 27.2. The van der Waals surface area contributed by atoms with E-state index in [4.69, 9.17) is 14.2 Å². The molecular weight excluding hydrogens is 612 g/mol. The first-order valence-electron chi connectivity index (χ1n) is 16.5. The van der Waals surface area contributed by atoms with Crippen LogP contribution >= 0.6 is 0 Å². The Morgan fingerprint density at radius 2 is 1.89 bits per heavy atom. The Balaban J connectivity index is 1.37. The molecule has 12 heteroatoms. The molecular formula is C35H48O12. The fraction of sp³-hybridized carbons (Fsp3) is 0.657. The number of aromatic hydroxyl groups is 1. The number of Topliss-reactive ketones (excluding diaryl/α,β-unsaturated/α-hetero) is 1. The second kappa shape index (κ2) is 13.9. The normalized spacial score (nSPS) is 33.3. The number of ketones is 1. The summed E-state index contributed by atoms with van der Waals surface area (Å²) < 4.78 is 17.7. The Hall–Kier alpha value is -2.84. The number of rotatable bonds is 11. The van der Waals surface area contributed by atoms with Gasteiger partial charge < -0.3 is 50.0 Å². The van der Waals surface area contributed by atoms with Crippen LogP contribution < -0.4 is 4.74 Å². The van der Waals surface area contributed by atoms with Crippen LogP contribution in [0.5, 0.6) is 11.5 Å². The van der Waals surface area contributed by atoms with Crippen molar-refractivity contribution >= 4 is 22.5 Å². The number of carboxylic acids is 1. The lowest BCUT2D eigenvalue weighted by Gasteiger charge is -2.49. The summed E-state index contributed by atoms with van der Waals surface area (Å²) in [7, 11) is 0. The van der Waals surface area contributed by atoms with Gasteiger partial charge in [0.2, 0.25) is 6.29 Å². The smallest absolute Gasteiger partial charge is 0.335 e. The number of aryl methyl sites for hydroxylation is 1. The largest absolute Gasteiger partial charge is 0.506 e. The Labute approximate surface area is 273 Å². The summed E-state index contributed by atoms with van der Waals surface area (Å²) in [4.78, 5) is 24.2. The quantitative estimate of drug-likeness (QED) is 0.174. The number of carboxylic acid groups (broad SMARTS) is 1. The molecule has 1 saturated carbocycles. The maximum absolute atomic E-state index is 12.3. The number of aliphatic hydroxyl groups excluding tert-OH is 4. The lowest BCUT2D eigenvalue weighted by Crippen LogP contribution is -2.68. The molecule has 1 spiro atoms. The van der Waals surface area contributed by atoms with Gasteiger partial charge in [-0.2, -0.15) is 0 Å². The number of phenolic OH excluding ortho intramolecular Hbond substituents is 1. The van der Waals surface area contributed by atoms with Crippen molar-refractivity contribution in [1.29, 1.82) is 0 Å². The summed E-state index contributed by atoms with van der Waals surface area (Å²) in [6, 6.07) is 3.96. The summed E-state index contributed by atoms with van der Waals surface area (Å²) in [5.41, 5.74) is -1.82. The number of carbonyl (C=O) groups excluding carboxylic acids is 1. The maximum Gasteiger partial charge on any atom is 0.335 e. The van der Waals surface area contributed by atoms with Crippen LogP contribution in [0.3, 0.4) is 0 Å². The highest BCUT2D eigenvalue weighted by molar-refractivity contribution is 6.08. The van der Waals surface area contributed by atoms with E-state index in [1.807, 2.05) is 0 Å². The molecule has 2 aliphatic heterocycles. The average molecular weight is 661 g/mol. The van der Waals surface area contributed by atoms with Gasteiger partial charge in [0.05, 0.1) is 29.7 Å². The van der Waals surface area contributed by atoms with Gasteiger partial charge in [-0.05, 0) is 105 Å². The van der Waals surface area contributed by atoms with Crippen molar-refractivity contribution in [2.24, 2.45) is 23.2 Å². The van der Waals surface area contributed by atoms with Crippen LogP contribution in [0.15, 0.2) is 18.2 Å². The standard InChI is InChI=1S/C35H48O12/c1-18(24-7-11-45-17-34(24)8-5-21(15-34)6-10-36)4-9-35(44)26(16-37)47-33(30(40)31(35)41)46-25-14-23(32(42)43)13-22-12-19(2)27(20(3)38)29(39)28(22)25/h12-14,18,21,24,26,30-31,33,36-37,39-41,44H,4-11,15-17H2,1-3H3,(H,42,43). The van der Waals surface area contributed by atoms with Gasteiger partial charge in [0.25, 0.3) is 0 Å². The molecule has 9 atom stereocenters. The number of hydrogen-bond donors (Lipinski definition) is 7. The topological polar surface area (TPSA) is 203 Å². The highest BCUT2D eigenvalue weighted by atomic mass is 16.7. The third kappa shape index (κ3) is 6.61. The van der Waals surface area contributed by atoms with Crippen molar-refractivity contribution in [2.75, 3.05) is 26.4 Å². The molecule has 7 N–H and O–H groups in total. The van der Waals surface area contributed by atoms with Crippen LogP contribution in [0.4, 0.5) is 0 Å². The van der Waals surface area contributed by atoms with Gasteiger partial charge in [-0.25, -0.2) is 4.79 Å². The SMILES string of the molecule is CC(=O)c1c(C)cc2cc(C(=O)O)cc(OC3OC(CO)C(O)(CCC(C)C4CCOCC45CCC(CCO)C5)C(O)C3O)c2c1O. The predicted molar refractivity (Wildman–Crippen MR) is 169 cm³/mol. The Morgan fingerprint density at radius 1 is 1.15 bits per heavy atom. The molecule has 2 heterocycles. The third-order valence-electron chi connectivity index (χ3n) is 11.1. The zero-order chi connectivity index (χ0) is 34.3. The monoisotopic (exact) mass is 660 g/mol. The molecule has 3 aliphatic rings. The second-order valence-electron chi connectivity index (χ2n) is 14.0. The van der Waals surface area contributed by atoms with Crippen LogP contribution in [-0.2, 0) is 9.47 Å². The number of ether oxygens (including phenoxy) is 3. The van der Waals surface area contributed by atoms with Crippen molar-refractivity contribution in [3.05, 3.63) is 34.9 Å². The summed E-state index contributed by atoms with van der Waals surface area (Å²) in [5, 5.41) is 75.2. The first-order chi connectivity index (χ1) is 22.3. The first-order valence-corrected chi connectivity index (χ1v) is 16.5. The summed E-state index contributed by atoms with van der Waals surface area (Å²) >= 11 is 0. The van der Waals surface area contributed by atoms with E-state index in [9.17, 15) is 45.3 Å². The number of carbonyl (C=O) groups is 2.